The van der Waals surface area contributed by atoms with Crippen molar-refractivity contribution in [3.05, 3.63) is 41.2 Å². The van der Waals surface area contributed by atoms with E-state index in [1.165, 1.54) is 0 Å². The van der Waals surface area contributed by atoms with Gasteiger partial charge in [0.15, 0.2) is 0 Å². The first kappa shape index (κ1) is 19.2. The fraction of sp³-hybridized carbons (Fsp3) is 0.421. The molecule has 2 amide bonds. The molecule has 1 fully saturated rings. The number of hydrogen-bond donors (Lipinski definition) is 2. The van der Waals surface area contributed by atoms with Crippen molar-refractivity contribution in [1.29, 1.82) is 0 Å². The Morgan fingerprint density at radius 1 is 1.33 bits per heavy atom. The van der Waals surface area contributed by atoms with Gasteiger partial charge in [0.25, 0.3) is 0 Å². The first-order chi connectivity index (χ1) is 12.9. The topological polar surface area (TPSA) is 87.5 Å². The molecule has 0 saturated carbocycles. The van der Waals surface area contributed by atoms with Crippen molar-refractivity contribution in [3.8, 4) is 5.69 Å². The van der Waals surface area contributed by atoms with Gasteiger partial charge in [-0.25, -0.2) is 9.48 Å². The molecule has 1 aliphatic heterocycles. The van der Waals surface area contributed by atoms with Crippen molar-refractivity contribution in [2.24, 2.45) is 11.8 Å². The van der Waals surface area contributed by atoms with Gasteiger partial charge in [-0.1, -0.05) is 37.6 Å². The Balaban J connectivity index is 1.81. The lowest BCUT2D eigenvalue weighted by atomic mass is 9.91. The Bertz CT molecular complexity index is 851. The quantitative estimate of drug-likeness (QED) is 0.833. The summed E-state index contributed by atoms with van der Waals surface area (Å²) in [7, 11) is 0. The van der Waals surface area contributed by atoms with Crippen molar-refractivity contribution in [3.63, 3.8) is 0 Å². The van der Waals surface area contributed by atoms with Crippen LogP contribution < -0.4 is 5.32 Å². The van der Waals surface area contributed by atoms with Crippen LogP contribution in [0.5, 0.6) is 0 Å². The van der Waals surface area contributed by atoms with Gasteiger partial charge in [-0.15, -0.1) is 0 Å². The number of likely N-dealkylation sites (tertiary alicyclic amines) is 1. The molecule has 1 aromatic heterocycles. The number of carbonyl (C=O) groups is 2. The zero-order valence-electron chi connectivity index (χ0n) is 15.4. The molecule has 0 radical (unpaired) electrons. The number of para-hydroxylation sites is 1. The number of nitrogens with zero attached hydrogens (tertiary/aromatic N) is 3. The summed E-state index contributed by atoms with van der Waals surface area (Å²) in [6.07, 6.45) is 2.83. The monoisotopic (exact) mass is 390 g/mol. The van der Waals surface area contributed by atoms with Crippen molar-refractivity contribution in [2.45, 2.75) is 26.7 Å². The van der Waals surface area contributed by atoms with E-state index in [1.54, 1.807) is 21.8 Å². The molecule has 3 rings (SSSR count). The second-order valence-corrected chi connectivity index (χ2v) is 7.34. The van der Waals surface area contributed by atoms with E-state index in [-0.39, 0.29) is 18.5 Å². The SMILES string of the molecule is CCc1c(NC(=O)N2CC(C)CC(C(=O)O)C2)cnn1-c1ccccc1Cl. The Kier molecular flexibility index (Phi) is 5.70. The highest BCUT2D eigenvalue weighted by Gasteiger charge is 2.32. The molecule has 2 unspecified atom stereocenters. The molecule has 0 spiro atoms. The fourth-order valence-electron chi connectivity index (χ4n) is 3.54. The molecule has 8 heteroatoms. The van der Waals surface area contributed by atoms with Gasteiger partial charge in [0.05, 0.1) is 34.2 Å². The third-order valence-electron chi connectivity index (χ3n) is 4.82. The molecule has 144 valence electrons. The van der Waals surface area contributed by atoms with Crippen LogP contribution in [0.1, 0.15) is 26.0 Å². The number of halogens is 1. The van der Waals surface area contributed by atoms with Crippen molar-refractivity contribution >= 4 is 29.3 Å². The lowest BCUT2D eigenvalue weighted by Gasteiger charge is -2.34. The highest BCUT2D eigenvalue weighted by Crippen LogP contribution is 2.26. The number of piperidine rings is 1. The van der Waals surface area contributed by atoms with Crippen LogP contribution in [0.4, 0.5) is 10.5 Å². The number of amides is 2. The molecule has 0 bridgehead atoms. The van der Waals surface area contributed by atoms with E-state index in [0.29, 0.717) is 30.1 Å². The smallest absolute Gasteiger partial charge is 0.321 e. The van der Waals surface area contributed by atoms with E-state index >= 15 is 0 Å². The number of anilines is 1. The number of rotatable bonds is 4. The number of carboxylic acids is 1. The maximum atomic E-state index is 12.7. The van der Waals surface area contributed by atoms with E-state index in [9.17, 15) is 14.7 Å². The summed E-state index contributed by atoms with van der Waals surface area (Å²) < 4.78 is 1.72. The zero-order chi connectivity index (χ0) is 19.6. The molecule has 1 aliphatic rings. The minimum Gasteiger partial charge on any atom is -0.481 e. The minimum atomic E-state index is -0.861. The predicted molar refractivity (Wildman–Crippen MR) is 103 cm³/mol. The highest BCUT2D eigenvalue weighted by molar-refractivity contribution is 6.32. The standard InChI is InChI=1S/C19H23ClN4O3/c1-3-16-15(9-21-24(16)17-7-5-4-6-14(17)20)22-19(27)23-10-12(2)8-13(11-23)18(25)26/h4-7,9,12-13H,3,8,10-11H2,1-2H3,(H,22,27)(H,25,26). The average Bonchev–Trinajstić information content (AvgIpc) is 3.03. The lowest BCUT2D eigenvalue weighted by Crippen LogP contribution is -2.47. The molecule has 2 N–H and O–H groups in total. The third kappa shape index (κ3) is 4.08. The number of carbonyl (C=O) groups excluding carboxylic acids is 1. The van der Waals surface area contributed by atoms with Crippen LogP contribution in [-0.4, -0.2) is 44.9 Å². The van der Waals surface area contributed by atoms with Gasteiger partial charge in [0.2, 0.25) is 0 Å². The van der Waals surface area contributed by atoms with Gasteiger partial charge >= 0.3 is 12.0 Å². The molecule has 27 heavy (non-hydrogen) atoms. The first-order valence-electron chi connectivity index (χ1n) is 9.01. The number of aromatic nitrogens is 2. The van der Waals surface area contributed by atoms with Gasteiger partial charge in [-0.05, 0) is 30.9 Å². The van der Waals surface area contributed by atoms with Gasteiger partial charge in [0, 0.05) is 13.1 Å². The molecule has 0 aliphatic carbocycles. The summed E-state index contributed by atoms with van der Waals surface area (Å²) in [6.45, 7) is 4.69. The van der Waals surface area contributed by atoms with Crippen molar-refractivity contribution in [1.82, 2.24) is 14.7 Å². The number of nitrogens with one attached hydrogen (secondary N) is 1. The maximum absolute atomic E-state index is 12.7. The van der Waals surface area contributed by atoms with Gasteiger partial charge in [-0.3, -0.25) is 4.79 Å². The number of hydrogen-bond acceptors (Lipinski definition) is 3. The Morgan fingerprint density at radius 2 is 2.07 bits per heavy atom. The van der Waals surface area contributed by atoms with Crippen LogP contribution in [0.2, 0.25) is 5.02 Å². The molecular formula is C19H23ClN4O3. The normalized spacial score (nSPS) is 19.7. The number of aliphatic carboxylic acids is 1. The number of urea groups is 1. The van der Waals surface area contributed by atoms with E-state index in [0.717, 1.165) is 11.4 Å². The van der Waals surface area contributed by atoms with E-state index in [4.69, 9.17) is 11.6 Å². The van der Waals surface area contributed by atoms with Crippen molar-refractivity contribution in [2.75, 3.05) is 18.4 Å². The van der Waals surface area contributed by atoms with Crippen LogP contribution in [0.25, 0.3) is 5.69 Å². The van der Waals surface area contributed by atoms with Crippen LogP contribution >= 0.6 is 11.6 Å². The van der Waals surface area contributed by atoms with E-state index in [2.05, 4.69) is 10.4 Å². The summed E-state index contributed by atoms with van der Waals surface area (Å²) in [4.78, 5) is 25.6. The minimum absolute atomic E-state index is 0.141. The number of benzene rings is 1. The van der Waals surface area contributed by atoms with Gasteiger partial charge in [0.1, 0.15) is 0 Å². The third-order valence-corrected chi connectivity index (χ3v) is 5.14. The predicted octanol–water partition coefficient (Wildman–Crippen LogP) is 3.66. The summed E-state index contributed by atoms with van der Waals surface area (Å²) in [6, 6.07) is 7.07. The molecule has 1 saturated heterocycles. The second-order valence-electron chi connectivity index (χ2n) is 6.93. The summed E-state index contributed by atoms with van der Waals surface area (Å²) in [5, 5.41) is 17.1. The fourth-order valence-corrected chi connectivity index (χ4v) is 3.76. The van der Waals surface area contributed by atoms with Crippen LogP contribution in [-0.2, 0) is 11.2 Å². The first-order valence-corrected chi connectivity index (χ1v) is 9.39. The summed E-state index contributed by atoms with van der Waals surface area (Å²) in [5.74, 6) is -1.25. The van der Waals surface area contributed by atoms with E-state index in [1.807, 2.05) is 32.0 Å². The van der Waals surface area contributed by atoms with E-state index < -0.39 is 11.9 Å². The number of carboxylic acid groups (broad SMARTS) is 1. The largest absolute Gasteiger partial charge is 0.481 e. The van der Waals surface area contributed by atoms with Crippen LogP contribution in [0.3, 0.4) is 0 Å². The Morgan fingerprint density at radius 3 is 2.74 bits per heavy atom. The summed E-state index contributed by atoms with van der Waals surface area (Å²) in [5.41, 5.74) is 2.18. The van der Waals surface area contributed by atoms with Gasteiger partial charge < -0.3 is 15.3 Å². The maximum Gasteiger partial charge on any atom is 0.321 e. The zero-order valence-corrected chi connectivity index (χ0v) is 16.1. The lowest BCUT2D eigenvalue weighted by molar-refractivity contribution is -0.143. The van der Waals surface area contributed by atoms with Crippen molar-refractivity contribution < 1.29 is 14.7 Å². The molecule has 2 atom stereocenters. The molecule has 7 nitrogen and oxygen atoms in total. The second kappa shape index (κ2) is 8.00. The summed E-state index contributed by atoms with van der Waals surface area (Å²) >= 11 is 6.27. The average molecular weight is 391 g/mol. The van der Waals surface area contributed by atoms with Gasteiger partial charge in [-0.2, -0.15) is 5.10 Å². The highest BCUT2D eigenvalue weighted by atomic mass is 35.5. The molecule has 2 heterocycles. The molecular weight excluding hydrogens is 368 g/mol. The molecule has 1 aromatic carbocycles. The van der Waals surface area contributed by atoms with Crippen LogP contribution in [0.15, 0.2) is 30.5 Å². The Hall–Kier alpha value is -2.54. The Labute approximate surface area is 162 Å². The molecule has 2 aromatic rings. The van der Waals surface area contributed by atoms with Crippen LogP contribution in [0, 0.1) is 11.8 Å².